The van der Waals surface area contributed by atoms with Gasteiger partial charge in [0.05, 0.1) is 16.0 Å². The molecule has 1 saturated heterocycles. The third kappa shape index (κ3) is 3.16. The Bertz CT molecular complexity index is 542. The summed E-state index contributed by atoms with van der Waals surface area (Å²) in [6, 6.07) is 4.30. The fraction of sp³-hybridized carbons (Fsp3) is 0.462. The highest BCUT2D eigenvalue weighted by molar-refractivity contribution is 9.10. The van der Waals surface area contributed by atoms with E-state index in [0.29, 0.717) is 16.7 Å². The van der Waals surface area contributed by atoms with Crippen molar-refractivity contribution in [3.63, 3.8) is 0 Å². The van der Waals surface area contributed by atoms with Crippen LogP contribution in [0, 0.1) is 15.5 Å². The standard InChI is InChI=1S/C13H16BrN3O3/c1-13(5-2-6-15-8-13)12(18)16-11-4-3-9(17(19)20)7-10(11)14/h3-4,7,15H,2,5-6,8H2,1H3,(H,16,18). The van der Waals surface area contributed by atoms with E-state index < -0.39 is 10.3 Å². The molecule has 1 unspecified atom stereocenters. The lowest BCUT2D eigenvalue weighted by Gasteiger charge is -2.32. The van der Waals surface area contributed by atoms with Gasteiger partial charge in [-0.25, -0.2) is 0 Å². The highest BCUT2D eigenvalue weighted by Gasteiger charge is 2.34. The number of benzene rings is 1. The zero-order chi connectivity index (χ0) is 14.8. The number of carbonyl (C=O) groups excluding carboxylic acids is 1. The average molecular weight is 342 g/mol. The van der Waals surface area contributed by atoms with Crippen LogP contribution in [0.25, 0.3) is 0 Å². The minimum absolute atomic E-state index is 0.0135. The van der Waals surface area contributed by atoms with E-state index in [4.69, 9.17) is 0 Å². The van der Waals surface area contributed by atoms with Crippen molar-refractivity contribution in [2.24, 2.45) is 5.41 Å². The van der Waals surface area contributed by atoms with Crippen LogP contribution in [0.1, 0.15) is 19.8 Å². The maximum absolute atomic E-state index is 12.4. The number of non-ortho nitro benzene ring substituents is 1. The van der Waals surface area contributed by atoms with Crippen LogP contribution < -0.4 is 10.6 Å². The minimum Gasteiger partial charge on any atom is -0.325 e. The van der Waals surface area contributed by atoms with E-state index in [0.717, 1.165) is 19.4 Å². The molecule has 0 bridgehead atoms. The van der Waals surface area contributed by atoms with Crippen molar-refractivity contribution in [3.8, 4) is 0 Å². The van der Waals surface area contributed by atoms with Gasteiger partial charge in [-0.2, -0.15) is 0 Å². The molecular weight excluding hydrogens is 326 g/mol. The van der Waals surface area contributed by atoms with Gasteiger partial charge in [-0.05, 0) is 48.3 Å². The number of hydrogen-bond donors (Lipinski definition) is 2. The number of rotatable bonds is 3. The van der Waals surface area contributed by atoms with Gasteiger partial charge in [0.2, 0.25) is 5.91 Å². The van der Waals surface area contributed by atoms with Gasteiger partial charge in [-0.3, -0.25) is 14.9 Å². The van der Waals surface area contributed by atoms with E-state index in [1.165, 1.54) is 12.1 Å². The first-order chi connectivity index (χ1) is 9.42. The second kappa shape index (κ2) is 5.88. The normalized spacial score (nSPS) is 22.3. The van der Waals surface area contributed by atoms with Crippen molar-refractivity contribution in [1.82, 2.24) is 5.32 Å². The molecule has 0 saturated carbocycles. The van der Waals surface area contributed by atoms with Crippen LogP contribution in [0.2, 0.25) is 0 Å². The molecule has 0 aromatic heterocycles. The molecule has 1 fully saturated rings. The van der Waals surface area contributed by atoms with Crippen molar-refractivity contribution in [2.45, 2.75) is 19.8 Å². The molecule has 0 aliphatic carbocycles. The molecule has 1 aromatic carbocycles. The molecule has 2 rings (SSSR count). The number of nitrogens with one attached hydrogen (secondary N) is 2. The fourth-order valence-electron chi connectivity index (χ4n) is 2.24. The first-order valence-electron chi connectivity index (χ1n) is 6.38. The van der Waals surface area contributed by atoms with Crippen LogP contribution >= 0.6 is 15.9 Å². The first-order valence-corrected chi connectivity index (χ1v) is 7.18. The third-order valence-electron chi connectivity index (χ3n) is 3.56. The Balaban J connectivity index is 2.13. The monoisotopic (exact) mass is 341 g/mol. The maximum Gasteiger partial charge on any atom is 0.270 e. The molecule has 0 radical (unpaired) electrons. The summed E-state index contributed by atoms with van der Waals surface area (Å²) < 4.78 is 0.507. The quantitative estimate of drug-likeness (QED) is 0.653. The topological polar surface area (TPSA) is 84.3 Å². The van der Waals surface area contributed by atoms with Crippen molar-refractivity contribution in [3.05, 3.63) is 32.8 Å². The molecule has 6 nitrogen and oxygen atoms in total. The Morgan fingerprint density at radius 2 is 2.30 bits per heavy atom. The number of nitro groups is 1. The molecule has 7 heteroatoms. The van der Waals surface area contributed by atoms with Gasteiger partial charge in [0, 0.05) is 23.2 Å². The SMILES string of the molecule is CC1(C(=O)Nc2ccc([N+](=O)[O-])cc2Br)CCCNC1. The van der Waals surface area contributed by atoms with Crippen LogP contribution in [0.4, 0.5) is 11.4 Å². The molecule has 20 heavy (non-hydrogen) atoms. The molecule has 1 aliphatic rings. The predicted molar refractivity (Wildman–Crippen MR) is 79.6 cm³/mol. The van der Waals surface area contributed by atoms with Crippen molar-refractivity contribution in [2.75, 3.05) is 18.4 Å². The number of nitro benzene ring substituents is 1. The summed E-state index contributed by atoms with van der Waals surface area (Å²) in [5.41, 5.74) is 0.0900. The van der Waals surface area contributed by atoms with Gasteiger partial charge < -0.3 is 10.6 Å². The molecule has 1 amide bonds. The van der Waals surface area contributed by atoms with Crippen molar-refractivity contribution in [1.29, 1.82) is 0 Å². The smallest absolute Gasteiger partial charge is 0.270 e. The van der Waals surface area contributed by atoms with Crippen LogP contribution in [-0.4, -0.2) is 23.9 Å². The van der Waals surface area contributed by atoms with Gasteiger partial charge in [0.1, 0.15) is 0 Å². The van der Waals surface area contributed by atoms with Crippen LogP contribution in [-0.2, 0) is 4.79 Å². The molecule has 0 spiro atoms. The summed E-state index contributed by atoms with van der Waals surface area (Å²) in [6.45, 7) is 3.50. The molecule has 108 valence electrons. The zero-order valence-electron chi connectivity index (χ0n) is 11.1. The molecule has 1 aliphatic heterocycles. The van der Waals surface area contributed by atoms with Crippen molar-refractivity contribution >= 4 is 33.2 Å². The van der Waals surface area contributed by atoms with Gasteiger partial charge in [0.15, 0.2) is 0 Å². The fourth-order valence-corrected chi connectivity index (χ4v) is 2.71. The van der Waals surface area contributed by atoms with E-state index >= 15 is 0 Å². The summed E-state index contributed by atoms with van der Waals surface area (Å²) in [4.78, 5) is 22.6. The van der Waals surface area contributed by atoms with E-state index in [9.17, 15) is 14.9 Å². The number of piperidine rings is 1. The third-order valence-corrected chi connectivity index (χ3v) is 4.21. The van der Waals surface area contributed by atoms with E-state index in [1.54, 1.807) is 6.07 Å². The molecule has 1 aromatic rings. The number of nitrogens with zero attached hydrogens (tertiary/aromatic N) is 1. The van der Waals surface area contributed by atoms with E-state index in [-0.39, 0.29) is 11.6 Å². The molecule has 1 heterocycles. The Hall–Kier alpha value is -1.47. The van der Waals surface area contributed by atoms with Gasteiger partial charge >= 0.3 is 0 Å². The lowest BCUT2D eigenvalue weighted by Crippen LogP contribution is -2.46. The highest BCUT2D eigenvalue weighted by Crippen LogP contribution is 2.31. The highest BCUT2D eigenvalue weighted by atomic mass is 79.9. The van der Waals surface area contributed by atoms with Crippen LogP contribution in [0.3, 0.4) is 0 Å². The number of amides is 1. The summed E-state index contributed by atoms with van der Waals surface area (Å²) in [7, 11) is 0. The molecule has 1 atom stereocenters. The van der Waals surface area contributed by atoms with E-state index in [1.807, 2.05) is 6.92 Å². The second-order valence-corrected chi connectivity index (χ2v) is 6.07. The van der Waals surface area contributed by atoms with Gasteiger partial charge in [-0.1, -0.05) is 0 Å². The molecular formula is C13H16BrN3O3. The zero-order valence-corrected chi connectivity index (χ0v) is 12.7. The van der Waals surface area contributed by atoms with Crippen LogP contribution in [0.5, 0.6) is 0 Å². The maximum atomic E-state index is 12.4. The lowest BCUT2D eigenvalue weighted by molar-refractivity contribution is -0.384. The number of halogens is 1. The van der Waals surface area contributed by atoms with E-state index in [2.05, 4.69) is 26.6 Å². The Kier molecular flexibility index (Phi) is 4.39. The summed E-state index contributed by atoms with van der Waals surface area (Å²) in [6.07, 6.45) is 1.79. The van der Waals surface area contributed by atoms with Gasteiger partial charge in [0.25, 0.3) is 5.69 Å². The largest absolute Gasteiger partial charge is 0.325 e. The van der Waals surface area contributed by atoms with Gasteiger partial charge in [-0.15, -0.1) is 0 Å². The average Bonchev–Trinajstić information content (AvgIpc) is 2.41. The number of anilines is 1. The lowest BCUT2D eigenvalue weighted by atomic mass is 9.82. The Morgan fingerprint density at radius 1 is 1.55 bits per heavy atom. The Morgan fingerprint density at radius 3 is 2.85 bits per heavy atom. The van der Waals surface area contributed by atoms with Crippen LogP contribution in [0.15, 0.2) is 22.7 Å². The minimum atomic E-state index is -0.470. The Labute approximate surface area is 125 Å². The first kappa shape index (κ1) is 14.9. The van der Waals surface area contributed by atoms with Crippen molar-refractivity contribution < 1.29 is 9.72 Å². The number of hydrogen-bond acceptors (Lipinski definition) is 4. The summed E-state index contributed by atoms with van der Waals surface area (Å²) in [5, 5.41) is 16.7. The summed E-state index contributed by atoms with van der Waals surface area (Å²) in [5.74, 6) is -0.0701. The second-order valence-electron chi connectivity index (χ2n) is 5.22. The summed E-state index contributed by atoms with van der Waals surface area (Å²) >= 11 is 3.25. The molecule has 2 N–H and O–H groups in total. The number of carbonyl (C=O) groups is 1. The predicted octanol–water partition coefficient (Wildman–Crippen LogP) is 2.69.